The molecule has 1 rings (SSSR count). The standard InChI is InChI=1S/C7H14OS2/c1-2-6(8)7-9-4-3-5-10-7/h6-8H,2-5H2,1H3. The van der Waals surface area contributed by atoms with Crippen LogP contribution in [0.2, 0.25) is 0 Å². The molecule has 1 nitrogen and oxygen atoms in total. The van der Waals surface area contributed by atoms with E-state index in [0.717, 1.165) is 6.42 Å². The van der Waals surface area contributed by atoms with E-state index in [1.807, 2.05) is 30.4 Å². The molecular formula is C7H14OS2. The fourth-order valence-electron chi connectivity index (χ4n) is 0.921. The molecule has 1 fully saturated rings. The molecule has 0 radical (unpaired) electrons. The van der Waals surface area contributed by atoms with E-state index >= 15 is 0 Å². The smallest absolute Gasteiger partial charge is 0.0761 e. The van der Waals surface area contributed by atoms with E-state index in [1.165, 1.54) is 17.9 Å². The Morgan fingerprint density at radius 3 is 2.60 bits per heavy atom. The van der Waals surface area contributed by atoms with E-state index < -0.39 is 0 Å². The van der Waals surface area contributed by atoms with Gasteiger partial charge in [-0.2, -0.15) is 0 Å². The number of aliphatic hydroxyl groups is 1. The summed E-state index contributed by atoms with van der Waals surface area (Å²) in [6, 6.07) is 0. The molecule has 3 heteroatoms. The van der Waals surface area contributed by atoms with E-state index in [0.29, 0.717) is 4.58 Å². The monoisotopic (exact) mass is 178 g/mol. The summed E-state index contributed by atoms with van der Waals surface area (Å²) in [5.41, 5.74) is 0. The molecule has 1 aliphatic rings. The van der Waals surface area contributed by atoms with Crippen LogP contribution in [0, 0.1) is 0 Å². The molecule has 0 bridgehead atoms. The molecule has 0 amide bonds. The van der Waals surface area contributed by atoms with E-state index in [1.54, 1.807) is 0 Å². The molecule has 0 aromatic rings. The Morgan fingerprint density at radius 1 is 1.50 bits per heavy atom. The molecule has 1 atom stereocenters. The summed E-state index contributed by atoms with van der Waals surface area (Å²) in [5.74, 6) is 2.46. The molecule has 0 aromatic carbocycles. The van der Waals surface area contributed by atoms with Crippen molar-refractivity contribution in [2.24, 2.45) is 0 Å². The van der Waals surface area contributed by atoms with E-state index in [2.05, 4.69) is 0 Å². The van der Waals surface area contributed by atoms with Gasteiger partial charge in [0.05, 0.1) is 10.7 Å². The second-order valence-electron chi connectivity index (χ2n) is 2.44. The first-order valence-electron chi connectivity index (χ1n) is 3.76. The first-order valence-corrected chi connectivity index (χ1v) is 5.85. The van der Waals surface area contributed by atoms with Crippen molar-refractivity contribution in [2.45, 2.75) is 30.5 Å². The Labute approximate surface area is 71.0 Å². The Balaban J connectivity index is 2.24. The fraction of sp³-hybridized carbons (Fsp3) is 1.00. The third kappa shape index (κ3) is 2.36. The summed E-state index contributed by atoms with van der Waals surface area (Å²) < 4.78 is 0.457. The van der Waals surface area contributed by atoms with Crippen LogP contribution in [0.5, 0.6) is 0 Å². The van der Waals surface area contributed by atoms with Crippen molar-refractivity contribution < 1.29 is 5.11 Å². The maximum absolute atomic E-state index is 9.44. The average molecular weight is 178 g/mol. The summed E-state index contributed by atoms with van der Waals surface area (Å²) in [6.07, 6.45) is 2.11. The van der Waals surface area contributed by atoms with Gasteiger partial charge in [0.1, 0.15) is 0 Å². The van der Waals surface area contributed by atoms with Gasteiger partial charge >= 0.3 is 0 Å². The van der Waals surface area contributed by atoms with Gasteiger partial charge in [-0.1, -0.05) is 6.92 Å². The zero-order valence-electron chi connectivity index (χ0n) is 6.25. The number of hydrogen-bond acceptors (Lipinski definition) is 3. The van der Waals surface area contributed by atoms with Crippen molar-refractivity contribution in [2.75, 3.05) is 11.5 Å². The van der Waals surface area contributed by atoms with Crippen molar-refractivity contribution in [3.8, 4) is 0 Å². The molecule has 60 valence electrons. The molecular weight excluding hydrogens is 164 g/mol. The third-order valence-electron chi connectivity index (χ3n) is 1.59. The zero-order valence-corrected chi connectivity index (χ0v) is 7.88. The highest BCUT2D eigenvalue weighted by atomic mass is 32.2. The van der Waals surface area contributed by atoms with Crippen LogP contribution in [0.4, 0.5) is 0 Å². The van der Waals surface area contributed by atoms with Gasteiger partial charge in [-0.05, 0) is 24.3 Å². The van der Waals surface area contributed by atoms with Crippen LogP contribution in [0.3, 0.4) is 0 Å². The van der Waals surface area contributed by atoms with Gasteiger partial charge in [-0.3, -0.25) is 0 Å². The number of hydrogen-bond donors (Lipinski definition) is 1. The SMILES string of the molecule is CCC(O)C1SCCCS1. The van der Waals surface area contributed by atoms with E-state index in [-0.39, 0.29) is 6.10 Å². The molecule has 0 saturated carbocycles. The summed E-state index contributed by atoms with van der Waals surface area (Å²) in [7, 11) is 0. The molecule has 0 spiro atoms. The van der Waals surface area contributed by atoms with Gasteiger partial charge in [-0.15, -0.1) is 23.5 Å². The van der Waals surface area contributed by atoms with Gasteiger partial charge < -0.3 is 5.11 Å². The second kappa shape index (κ2) is 4.52. The highest BCUT2D eigenvalue weighted by molar-refractivity contribution is 8.17. The molecule has 0 aliphatic carbocycles. The van der Waals surface area contributed by atoms with Crippen LogP contribution in [0.15, 0.2) is 0 Å². The Kier molecular flexibility index (Phi) is 3.96. The maximum atomic E-state index is 9.44. The first kappa shape index (κ1) is 8.75. The van der Waals surface area contributed by atoms with Crippen molar-refractivity contribution in [3.63, 3.8) is 0 Å². The molecule has 10 heavy (non-hydrogen) atoms. The lowest BCUT2D eigenvalue weighted by Crippen LogP contribution is -2.22. The lowest BCUT2D eigenvalue weighted by molar-refractivity contribution is 0.187. The second-order valence-corrected chi connectivity index (χ2v) is 5.24. The Morgan fingerprint density at radius 2 is 2.10 bits per heavy atom. The summed E-state index contributed by atoms with van der Waals surface area (Å²) in [4.78, 5) is 0. The van der Waals surface area contributed by atoms with Crippen LogP contribution in [0.1, 0.15) is 19.8 Å². The summed E-state index contributed by atoms with van der Waals surface area (Å²) in [6.45, 7) is 2.04. The van der Waals surface area contributed by atoms with Crippen molar-refractivity contribution in [1.29, 1.82) is 0 Å². The zero-order chi connectivity index (χ0) is 7.40. The lowest BCUT2D eigenvalue weighted by Gasteiger charge is -2.24. The predicted molar refractivity (Wildman–Crippen MR) is 49.6 cm³/mol. The molecule has 1 unspecified atom stereocenters. The minimum Gasteiger partial charge on any atom is -0.391 e. The van der Waals surface area contributed by atoms with Crippen LogP contribution in [-0.2, 0) is 0 Å². The summed E-state index contributed by atoms with van der Waals surface area (Å²) in [5, 5.41) is 9.44. The predicted octanol–water partition coefficient (Wildman–Crippen LogP) is 1.95. The maximum Gasteiger partial charge on any atom is 0.0761 e. The van der Waals surface area contributed by atoms with E-state index in [9.17, 15) is 5.11 Å². The minimum absolute atomic E-state index is 0.0877. The molecule has 1 aliphatic heterocycles. The highest BCUT2D eigenvalue weighted by Crippen LogP contribution is 2.33. The van der Waals surface area contributed by atoms with Gasteiger partial charge in [0.2, 0.25) is 0 Å². The van der Waals surface area contributed by atoms with Gasteiger partial charge in [0.25, 0.3) is 0 Å². The van der Waals surface area contributed by atoms with Crippen molar-refractivity contribution in [3.05, 3.63) is 0 Å². The summed E-state index contributed by atoms with van der Waals surface area (Å²) >= 11 is 3.82. The number of rotatable bonds is 2. The Hall–Kier alpha value is 0.660. The van der Waals surface area contributed by atoms with Crippen molar-refractivity contribution in [1.82, 2.24) is 0 Å². The van der Waals surface area contributed by atoms with Crippen LogP contribution in [-0.4, -0.2) is 27.3 Å². The van der Waals surface area contributed by atoms with Gasteiger partial charge in [0.15, 0.2) is 0 Å². The van der Waals surface area contributed by atoms with Gasteiger partial charge in [0, 0.05) is 0 Å². The van der Waals surface area contributed by atoms with Gasteiger partial charge in [-0.25, -0.2) is 0 Å². The highest BCUT2D eigenvalue weighted by Gasteiger charge is 2.20. The van der Waals surface area contributed by atoms with Crippen LogP contribution < -0.4 is 0 Å². The van der Waals surface area contributed by atoms with Crippen molar-refractivity contribution >= 4 is 23.5 Å². The topological polar surface area (TPSA) is 20.2 Å². The molecule has 1 saturated heterocycles. The number of aliphatic hydroxyl groups excluding tert-OH is 1. The molecule has 1 heterocycles. The first-order chi connectivity index (χ1) is 4.84. The van der Waals surface area contributed by atoms with Crippen LogP contribution >= 0.6 is 23.5 Å². The molecule has 1 N–H and O–H groups in total. The van der Waals surface area contributed by atoms with E-state index in [4.69, 9.17) is 0 Å². The quantitative estimate of drug-likeness (QED) is 0.698. The largest absolute Gasteiger partial charge is 0.391 e. The number of thioether (sulfide) groups is 2. The lowest BCUT2D eigenvalue weighted by atomic mass is 10.3. The Bertz CT molecular complexity index is 91.6. The van der Waals surface area contributed by atoms with Crippen LogP contribution in [0.25, 0.3) is 0 Å². The normalized spacial score (nSPS) is 24.6. The molecule has 0 aromatic heterocycles. The minimum atomic E-state index is -0.0877. The average Bonchev–Trinajstić information content (AvgIpc) is 2.05. The fourth-order valence-corrected chi connectivity index (χ4v) is 3.98. The third-order valence-corrected chi connectivity index (χ3v) is 4.74.